The zero-order valence-electron chi connectivity index (χ0n) is 13.5. The van der Waals surface area contributed by atoms with Gasteiger partial charge in [-0.1, -0.05) is 62.2 Å². The standard InChI is InChI=1S/C17H22Cl2O4/c1-3-4-5-6-7-8-9-15(20)23-17(21)12-10-13(18)16(22-2)14(19)11-12/h10-11H,3-9H2,1-2H3. The predicted molar refractivity (Wildman–Crippen MR) is 91.4 cm³/mol. The lowest BCUT2D eigenvalue weighted by atomic mass is 10.1. The van der Waals surface area contributed by atoms with E-state index in [1.54, 1.807) is 0 Å². The molecule has 0 spiro atoms. The second-order valence-corrected chi connectivity index (χ2v) is 6.07. The number of carbonyl (C=O) groups is 2. The number of methoxy groups -OCH3 is 1. The fourth-order valence-electron chi connectivity index (χ4n) is 2.14. The Hall–Kier alpha value is -1.26. The molecule has 4 nitrogen and oxygen atoms in total. The molecule has 6 heteroatoms. The van der Waals surface area contributed by atoms with Crippen LogP contribution in [-0.2, 0) is 9.53 Å². The molecule has 0 saturated heterocycles. The van der Waals surface area contributed by atoms with Gasteiger partial charge in [0.15, 0.2) is 5.75 Å². The van der Waals surface area contributed by atoms with Crippen LogP contribution >= 0.6 is 23.2 Å². The third-order valence-corrected chi connectivity index (χ3v) is 3.94. The van der Waals surface area contributed by atoms with Crippen molar-refractivity contribution in [2.24, 2.45) is 0 Å². The maximum atomic E-state index is 11.9. The minimum atomic E-state index is -0.757. The summed E-state index contributed by atoms with van der Waals surface area (Å²) in [5, 5.41) is 0.380. The minimum absolute atomic E-state index is 0.122. The quantitative estimate of drug-likeness (QED) is 0.334. The number of hydrogen-bond donors (Lipinski definition) is 0. The van der Waals surface area contributed by atoms with Gasteiger partial charge < -0.3 is 9.47 Å². The summed E-state index contributed by atoms with van der Waals surface area (Å²) in [7, 11) is 1.43. The highest BCUT2D eigenvalue weighted by Crippen LogP contribution is 2.34. The van der Waals surface area contributed by atoms with Crippen molar-refractivity contribution in [3.05, 3.63) is 27.7 Å². The SMILES string of the molecule is CCCCCCCCC(=O)OC(=O)c1cc(Cl)c(OC)c(Cl)c1. The monoisotopic (exact) mass is 360 g/mol. The molecule has 0 atom stereocenters. The molecule has 1 aromatic rings. The Balaban J connectivity index is 2.45. The number of rotatable bonds is 9. The predicted octanol–water partition coefficient (Wildman–Crippen LogP) is 5.44. The molecule has 23 heavy (non-hydrogen) atoms. The Kier molecular flexibility index (Phi) is 9.03. The van der Waals surface area contributed by atoms with E-state index in [9.17, 15) is 9.59 Å². The second kappa shape index (κ2) is 10.5. The maximum Gasteiger partial charge on any atom is 0.345 e. The highest BCUT2D eigenvalue weighted by Gasteiger charge is 2.17. The third-order valence-electron chi connectivity index (χ3n) is 3.38. The molecule has 0 unspecified atom stereocenters. The van der Waals surface area contributed by atoms with Crippen LogP contribution in [0.5, 0.6) is 5.75 Å². The zero-order chi connectivity index (χ0) is 17.2. The summed E-state index contributed by atoms with van der Waals surface area (Å²) in [5.41, 5.74) is 0.122. The molecule has 0 fully saturated rings. The first kappa shape index (κ1) is 19.8. The van der Waals surface area contributed by atoms with Crippen molar-refractivity contribution in [2.45, 2.75) is 51.9 Å². The van der Waals surface area contributed by atoms with E-state index in [0.29, 0.717) is 0 Å². The zero-order valence-corrected chi connectivity index (χ0v) is 15.0. The van der Waals surface area contributed by atoms with Crippen LogP contribution in [0.1, 0.15) is 62.2 Å². The third kappa shape index (κ3) is 6.80. The van der Waals surface area contributed by atoms with Crippen molar-refractivity contribution in [1.29, 1.82) is 0 Å². The van der Waals surface area contributed by atoms with Gasteiger partial charge in [0.1, 0.15) is 0 Å². The van der Waals surface area contributed by atoms with Gasteiger partial charge in [0.2, 0.25) is 0 Å². The van der Waals surface area contributed by atoms with Gasteiger partial charge in [0, 0.05) is 6.42 Å². The Morgan fingerprint density at radius 3 is 2.13 bits per heavy atom. The highest BCUT2D eigenvalue weighted by molar-refractivity contribution is 6.37. The molecule has 0 saturated carbocycles. The first-order chi connectivity index (χ1) is 11.0. The van der Waals surface area contributed by atoms with E-state index in [4.69, 9.17) is 32.7 Å². The van der Waals surface area contributed by atoms with Crippen LogP contribution in [0, 0.1) is 0 Å². The van der Waals surface area contributed by atoms with Gasteiger partial charge in [-0.2, -0.15) is 0 Å². The van der Waals surface area contributed by atoms with Crippen LogP contribution in [0.25, 0.3) is 0 Å². The van der Waals surface area contributed by atoms with Gasteiger partial charge in [-0.25, -0.2) is 4.79 Å². The summed E-state index contributed by atoms with van der Waals surface area (Å²) >= 11 is 11.9. The number of hydrogen-bond acceptors (Lipinski definition) is 4. The topological polar surface area (TPSA) is 52.6 Å². The van der Waals surface area contributed by atoms with Crippen molar-refractivity contribution < 1.29 is 19.1 Å². The van der Waals surface area contributed by atoms with E-state index in [1.807, 2.05) is 0 Å². The van der Waals surface area contributed by atoms with Crippen LogP contribution in [0.3, 0.4) is 0 Å². The van der Waals surface area contributed by atoms with Crippen molar-refractivity contribution in [3.8, 4) is 5.75 Å². The average Bonchev–Trinajstić information content (AvgIpc) is 2.50. The number of unbranched alkanes of at least 4 members (excludes halogenated alkanes) is 5. The number of benzene rings is 1. The summed E-state index contributed by atoms with van der Waals surface area (Å²) in [6.45, 7) is 2.15. The largest absolute Gasteiger partial charge is 0.494 e. The number of esters is 2. The lowest BCUT2D eigenvalue weighted by Gasteiger charge is -2.08. The minimum Gasteiger partial charge on any atom is -0.494 e. The van der Waals surface area contributed by atoms with Crippen molar-refractivity contribution in [3.63, 3.8) is 0 Å². The molecule has 0 aromatic heterocycles. The summed E-state index contributed by atoms with van der Waals surface area (Å²) in [4.78, 5) is 23.6. The Morgan fingerprint density at radius 2 is 1.57 bits per heavy atom. The van der Waals surface area contributed by atoms with Gasteiger partial charge in [-0.15, -0.1) is 0 Å². The average molecular weight is 361 g/mol. The fraction of sp³-hybridized carbons (Fsp3) is 0.529. The molecule has 0 amide bonds. The molecule has 1 aromatic carbocycles. The van der Waals surface area contributed by atoms with Gasteiger partial charge in [-0.05, 0) is 18.6 Å². The number of ether oxygens (including phenoxy) is 2. The Morgan fingerprint density at radius 1 is 1.00 bits per heavy atom. The molecule has 0 N–H and O–H groups in total. The van der Waals surface area contributed by atoms with Crippen molar-refractivity contribution >= 4 is 35.1 Å². The first-order valence-corrected chi connectivity index (χ1v) is 8.53. The molecule has 128 valence electrons. The molecular weight excluding hydrogens is 339 g/mol. The van der Waals surface area contributed by atoms with Gasteiger partial charge in [0.05, 0.1) is 22.7 Å². The summed E-state index contributed by atoms with van der Waals surface area (Å²) in [5.74, 6) is -1.01. The maximum absolute atomic E-state index is 11.9. The van der Waals surface area contributed by atoms with Crippen molar-refractivity contribution in [1.82, 2.24) is 0 Å². The summed E-state index contributed by atoms with van der Waals surface area (Å²) in [6.07, 6.45) is 6.58. The van der Waals surface area contributed by atoms with Crippen LogP contribution in [-0.4, -0.2) is 19.0 Å². The normalized spacial score (nSPS) is 10.4. The van der Waals surface area contributed by atoms with Crippen LogP contribution in [0.2, 0.25) is 10.0 Å². The van der Waals surface area contributed by atoms with E-state index >= 15 is 0 Å². The van der Waals surface area contributed by atoms with Crippen molar-refractivity contribution in [2.75, 3.05) is 7.11 Å². The van der Waals surface area contributed by atoms with Crippen LogP contribution in [0.15, 0.2) is 12.1 Å². The molecule has 0 bridgehead atoms. The lowest BCUT2D eigenvalue weighted by Crippen LogP contribution is -2.12. The van der Waals surface area contributed by atoms with E-state index in [-0.39, 0.29) is 27.8 Å². The van der Waals surface area contributed by atoms with E-state index in [1.165, 1.54) is 38.5 Å². The molecule has 0 aliphatic carbocycles. The fourth-order valence-corrected chi connectivity index (χ4v) is 2.78. The highest BCUT2D eigenvalue weighted by atomic mass is 35.5. The number of halogens is 2. The first-order valence-electron chi connectivity index (χ1n) is 7.77. The van der Waals surface area contributed by atoms with Crippen LogP contribution < -0.4 is 4.74 Å². The van der Waals surface area contributed by atoms with Gasteiger partial charge in [0.25, 0.3) is 0 Å². The smallest absolute Gasteiger partial charge is 0.345 e. The van der Waals surface area contributed by atoms with E-state index in [2.05, 4.69) is 6.92 Å². The molecule has 1 rings (SSSR count). The lowest BCUT2D eigenvalue weighted by molar-refractivity contribution is -0.138. The molecule has 0 aliphatic rings. The molecule has 0 aliphatic heterocycles. The summed E-state index contributed by atoms with van der Waals surface area (Å²) in [6, 6.07) is 2.74. The van der Waals surface area contributed by atoms with Gasteiger partial charge >= 0.3 is 11.9 Å². The van der Waals surface area contributed by atoms with Crippen LogP contribution in [0.4, 0.5) is 0 Å². The summed E-state index contributed by atoms with van der Waals surface area (Å²) < 4.78 is 9.81. The number of carbonyl (C=O) groups excluding carboxylic acids is 2. The van der Waals surface area contributed by atoms with E-state index < -0.39 is 11.9 Å². The second-order valence-electron chi connectivity index (χ2n) is 5.25. The van der Waals surface area contributed by atoms with E-state index in [0.717, 1.165) is 19.3 Å². The van der Waals surface area contributed by atoms with Gasteiger partial charge in [-0.3, -0.25) is 4.79 Å². The molecule has 0 radical (unpaired) electrons. The molecule has 0 heterocycles. The molecular formula is C17H22Cl2O4. The Bertz CT molecular complexity index is 520. The Labute approximate surface area is 147 Å².